The van der Waals surface area contributed by atoms with E-state index in [4.69, 9.17) is 33.4 Å². The van der Waals surface area contributed by atoms with Gasteiger partial charge in [0.15, 0.2) is 5.78 Å². The van der Waals surface area contributed by atoms with Crippen molar-refractivity contribution in [2.24, 2.45) is 0 Å². The van der Waals surface area contributed by atoms with Crippen molar-refractivity contribution in [2.45, 2.75) is 26.9 Å². The van der Waals surface area contributed by atoms with Crippen molar-refractivity contribution < 1.29 is 26.6 Å². The zero-order valence-corrected chi connectivity index (χ0v) is 23.6. The van der Waals surface area contributed by atoms with Crippen molar-refractivity contribution in [1.82, 2.24) is 14.9 Å². The molecule has 0 fully saturated rings. The molecule has 0 aliphatic rings. The number of halogens is 1. The number of nitrogens with zero attached hydrogens (tertiary/aromatic N) is 4. The van der Waals surface area contributed by atoms with Gasteiger partial charge in [0, 0.05) is 47.5 Å². The average Bonchev–Trinajstić information content (AvgIpc) is 3.06. The molecule has 0 atom stereocenters. The molecule has 2 heterocycles. The second kappa shape index (κ2) is 13.8. The number of nitriles is 1. The Kier molecular flexibility index (Phi) is 6.57. The molecule has 0 amide bonds. The number of carbonyl (C=O) groups is 1. The molecule has 0 saturated heterocycles. The molecule has 41 heavy (non-hydrogen) atoms. The normalized spacial score (nSPS) is 14.2. The van der Waals surface area contributed by atoms with Gasteiger partial charge < -0.3 is 19.7 Å². The number of carbonyl (C=O) groups excluding carboxylic acids is 1. The Bertz CT molecular complexity index is 2080. The maximum atomic E-state index is 13.0. The number of rotatable bonds is 12. The summed E-state index contributed by atoms with van der Waals surface area (Å²) in [4.78, 5) is 23.0. The zero-order chi connectivity index (χ0) is 37.2. The summed E-state index contributed by atoms with van der Waals surface area (Å²) in [5.74, 6) is -0.869. The third kappa shape index (κ3) is 7.82. The molecule has 0 radical (unpaired) electrons. The minimum Gasteiger partial charge on any atom is -0.494 e. The second-order valence-corrected chi connectivity index (χ2v) is 9.31. The van der Waals surface area contributed by atoms with Gasteiger partial charge in [-0.1, -0.05) is 23.7 Å². The fraction of sp³-hybridized carbons (Fsp3) is 0.250. The lowest BCUT2D eigenvalue weighted by Crippen LogP contribution is -2.11. The van der Waals surface area contributed by atoms with E-state index in [0.717, 1.165) is 0 Å². The van der Waals surface area contributed by atoms with E-state index in [2.05, 4.69) is 15.3 Å². The maximum Gasteiger partial charge on any atom is 0.159 e. The molecule has 210 valence electrons. The van der Waals surface area contributed by atoms with Crippen LogP contribution in [0, 0.1) is 18.3 Å². The number of fused-ring (bicyclic) bond motifs is 1. The van der Waals surface area contributed by atoms with E-state index in [1.807, 2.05) is 25.1 Å². The minimum atomic E-state index is -0.613. The first-order chi connectivity index (χ1) is 23.5. The van der Waals surface area contributed by atoms with Gasteiger partial charge in [-0.25, -0.2) is 0 Å². The molecule has 1 N–H and O–H groups in total. The average molecular weight is 579 g/mol. The van der Waals surface area contributed by atoms with Crippen LogP contribution in [0.15, 0.2) is 66.7 Å². The molecule has 4 aromatic rings. The number of benzene rings is 2. The molecule has 0 spiro atoms. The quantitative estimate of drug-likeness (QED) is 0.192. The largest absolute Gasteiger partial charge is 0.494 e. The van der Waals surface area contributed by atoms with E-state index < -0.39 is 47.2 Å². The van der Waals surface area contributed by atoms with E-state index in [1.54, 1.807) is 13.0 Å². The van der Waals surface area contributed by atoms with Crippen molar-refractivity contribution in [1.29, 1.82) is 5.26 Å². The summed E-state index contributed by atoms with van der Waals surface area (Å²) in [7, 11) is 3.66. The maximum absolute atomic E-state index is 13.0. The van der Waals surface area contributed by atoms with Crippen LogP contribution in [0.2, 0.25) is 5.02 Å². The minimum absolute atomic E-state index is 0.0211. The highest BCUT2D eigenvalue weighted by molar-refractivity contribution is 6.32. The third-order valence-corrected chi connectivity index (χ3v) is 5.68. The van der Waals surface area contributed by atoms with E-state index in [1.165, 1.54) is 13.0 Å². The van der Waals surface area contributed by atoms with Crippen LogP contribution in [0.5, 0.6) is 11.5 Å². The van der Waals surface area contributed by atoms with Gasteiger partial charge in [0.1, 0.15) is 24.2 Å². The standard InChI is InChI=1S/C32H32ClN5O3/c1-5-40-31-17-29-27(15-22(31)14-26(39)10-7-13-38(3)4)32(23(18-34)19-35-29)37-24-11-12-30(28(33)16-24)41-20-25-9-6-8-21(2)36-25/h6-12,15-17,19H,5,13-14,20H2,1-4H3,(H,35,37)/b10-7+/i6D,8D,9D,11D,12D,15D,16D,17D,19D. The summed E-state index contributed by atoms with van der Waals surface area (Å²) in [6.45, 7) is 3.27. The van der Waals surface area contributed by atoms with Crippen LogP contribution in [-0.4, -0.2) is 47.9 Å². The van der Waals surface area contributed by atoms with Gasteiger partial charge in [-0.3, -0.25) is 14.8 Å². The molecule has 4 rings (SSSR count). The van der Waals surface area contributed by atoms with E-state index in [9.17, 15) is 10.1 Å². The highest BCUT2D eigenvalue weighted by Crippen LogP contribution is 2.36. The third-order valence-electron chi connectivity index (χ3n) is 5.42. The zero-order valence-electron chi connectivity index (χ0n) is 31.9. The van der Waals surface area contributed by atoms with Gasteiger partial charge in [-0.05, 0) is 70.3 Å². The first-order valence-electron chi connectivity index (χ1n) is 17.0. The van der Waals surface area contributed by atoms with Gasteiger partial charge in [0.25, 0.3) is 0 Å². The Morgan fingerprint density at radius 2 is 2.02 bits per heavy atom. The molecule has 0 saturated carbocycles. The first kappa shape index (κ1) is 19.6. The lowest BCUT2D eigenvalue weighted by atomic mass is 10.0. The lowest BCUT2D eigenvalue weighted by Gasteiger charge is -2.16. The van der Waals surface area contributed by atoms with Gasteiger partial charge in [0.05, 0.1) is 46.4 Å². The monoisotopic (exact) mass is 578 g/mol. The molecule has 0 aliphatic carbocycles. The van der Waals surface area contributed by atoms with E-state index in [0.29, 0.717) is 6.54 Å². The predicted molar refractivity (Wildman–Crippen MR) is 162 cm³/mol. The van der Waals surface area contributed by atoms with Gasteiger partial charge in [-0.2, -0.15) is 5.26 Å². The fourth-order valence-electron chi connectivity index (χ4n) is 3.62. The molecule has 9 heteroatoms. The number of pyridine rings is 2. The lowest BCUT2D eigenvalue weighted by molar-refractivity contribution is -0.114. The Balaban J connectivity index is 1.88. The summed E-state index contributed by atoms with van der Waals surface area (Å²) in [5.41, 5.74) is -1.06. The number of likely N-dealkylation sites (N-methyl/N-ethyl adjacent to an activating group) is 1. The molecule has 0 bridgehead atoms. The summed E-state index contributed by atoms with van der Waals surface area (Å²) < 4.78 is 87.8. The Morgan fingerprint density at radius 3 is 2.78 bits per heavy atom. The summed E-state index contributed by atoms with van der Waals surface area (Å²) in [5, 5.41) is 12.2. The van der Waals surface area contributed by atoms with Crippen LogP contribution in [0.3, 0.4) is 0 Å². The van der Waals surface area contributed by atoms with Crippen LogP contribution in [-0.2, 0) is 17.8 Å². The van der Waals surface area contributed by atoms with Crippen LogP contribution >= 0.6 is 11.6 Å². The van der Waals surface area contributed by atoms with E-state index >= 15 is 0 Å². The number of nitrogens with one attached hydrogen (secondary N) is 1. The molecular formula is C32H32ClN5O3. The molecule has 2 aromatic carbocycles. The topological polar surface area (TPSA) is 100 Å². The van der Waals surface area contributed by atoms with Crippen LogP contribution < -0.4 is 14.8 Å². The number of anilines is 2. The highest BCUT2D eigenvalue weighted by Gasteiger charge is 2.16. The number of ether oxygens (including phenoxy) is 2. The van der Waals surface area contributed by atoms with Crippen molar-refractivity contribution in [3.63, 3.8) is 0 Å². The van der Waals surface area contributed by atoms with Crippen LogP contribution in [0.1, 0.15) is 41.8 Å². The van der Waals surface area contributed by atoms with Crippen molar-refractivity contribution in [3.05, 3.63) is 94.2 Å². The molecular weight excluding hydrogens is 538 g/mol. The number of ketones is 1. The summed E-state index contributed by atoms with van der Waals surface area (Å²) >= 11 is 6.48. The number of hydrogen-bond donors (Lipinski definition) is 1. The Labute approximate surface area is 257 Å². The SMILES string of the molecule is [2H]c1nc2c([2H])c(OCC)c(CC(=O)/C=C/CN(C)C)c([2H])c2c(Nc2c([2H])c([2H])c(OCc3nc(C)c([2H])c([2H])c3[2H])c(Cl)c2[2H])c1C#N. The summed E-state index contributed by atoms with van der Waals surface area (Å²) in [6.07, 6.45) is 2.08. The summed E-state index contributed by atoms with van der Waals surface area (Å²) in [6, 6.07) is -1.54. The van der Waals surface area contributed by atoms with Gasteiger partial charge >= 0.3 is 0 Å². The first-order valence-corrected chi connectivity index (χ1v) is 12.9. The number of aryl methyl sites for hydroxylation is 1. The number of allylic oxidation sites excluding steroid dienone is 1. The van der Waals surface area contributed by atoms with E-state index in [-0.39, 0.29) is 94.0 Å². The number of hydrogen-bond acceptors (Lipinski definition) is 8. The highest BCUT2D eigenvalue weighted by atomic mass is 35.5. The van der Waals surface area contributed by atoms with Gasteiger partial charge in [-0.15, -0.1) is 0 Å². The molecule has 2 aromatic heterocycles. The Hall–Kier alpha value is -4.45. The molecule has 8 nitrogen and oxygen atoms in total. The predicted octanol–water partition coefficient (Wildman–Crippen LogP) is 6.41. The molecule has 0 aliphatic heterocycles. The van der Waals surface area contributed by atoms with Crippen molar-refractivity contribution in [2.75, 3.05) is 32.6 Å². The second-order valence-electron chi connectivity index (χ2n) is 8.93. The van der Waals surface area contributed by atoms with Crippen molar-refractivity contribution in [3.8, 4) is 17.6 Å². The number of aromatic nitrogens is 2. The Morgan fingerprint density at radius 1 is 1.20 bits per heavy atom. The van der Waals surface area contributed by atoms with Crippen LogP contribution in [0.25, 0.3) is 10.9 Å². The smallest absolute Gasteiger partial charge is 0.159 e. The molecule has 0 unspecified atom stereocenters. The van der Waals surface area contributed by atoms with Gasteiger partial charge in [0.2, 0.25) is 0 Å². The van der Waals surface area contributed by atoms with Crippen LogP contribution in [0.4, 0.5) is 11.4 Å². The fourth-order valence-corrected chi connectivity index (χ4v) is 3.81. The van der Waals surface area contributed by atoms with Crippen molar-refractivity contribution >= 4 is 39.7 Å².